The van der Waals surface area contributed by atoms with Gasteiger partial charge in [-0.2, -0.15) is 0 Å². The summed E-state index contributed by atoms with van der Waals surface area (Å²) in [7, 11) is 0. The van der Waals surface area contributed by atoms with Crippen LogP contribution in [0.15, 0.2) is 22.9 Å². The summed E-state index contributed by atoms with van der Waals surface area (Å²) in [5.74, 6) is 1.36. The SMILES string of the molecule is CC[S+]([O-])Cc1c(C(=O)c2cnoc2C2CC2)ccc(Cl)c1Cl. The molecule has 0 saturated heterocycles. The minimum absolute atomic E-state index is 0.195. The van der Waals surface area contributed by atoms with Gasteiger partial charge in [0.25, 0.3) is 0 Å². The third-order valence-electron chi connectivity index (χ3n) is 3.86. The quantitative estimate of drug-likeness (QED) is 0.558. The standard InChI is InChI=1S/C16H15Cl2NO3S/c1-2-23(21)8-12-10(5-6-13(17)14(12)18)15(20)11-7-19-22-16(11)9-3-4-9/h5-7,9H,2-4,8H2,1H3. The Kier molecular flexibility index (Phi) is 5.01. The molecule has 4 nitrogen and oxygen atoms in total. The molecule has 1 heterocycles. The number of benzene rings is 1. The average molecular weight is 372 g/mol. The van der Waals surface area contributed by atoms with Crippen molar-refractivity contribution in [2.75, 3.05) is 5.75 Å². The lowest BCUT2D eigenvalue weighted by Gasteiger charge is -2.14. The van der Waals surface area contributed by atoms with Gasteiger partial charge in [-0.05, 0) is 43.1 Å². The molecule has 1 atom stereocenters. The molecule has 0 spiro atoms. The molecule has 1 aliphatic carbocycles. The normalized spacial score (nSPS) is 15.7. The molecule has 1 unspecified atom stereocenters. The highest BCUT2D eigenvalue weighted by Crippen LogP contribution is 2.42. The lowest BCUT2D eigenvalue weighted by Crippen LogP contribution is -2.13. The van der Waals surface area contributed by atoms with Gasteiger partial charge in [-0.3, -0.25) is 4.79 Å². The van der Waals surface area contributed by atoms with E-state index >= 15 is 0 Å². The number of carbonyl (C=O) groups is 1. The van der Waals surface area contributed by atoms with E-state index in [0.29, 0.717) is 33.2 Å². The van der Waals surface area contributed by atoms with Crippen LogP contribution in [0.1, 0.15) is 52.9 Å². The smallest absolute Gasteiger partial charge is 0.198 e. The summed E-state index contributed by atoms with van der Waals surface area (Å²) >= 11 is 11.2. The number of halogens is 2. The Hall–Kier alpha value is -1.01. The van der Waals surface area contributed by atoms with E-state index in [1.165, 1.54) is 6.20 Å². The maximum atomic E-state index is 12.9. The second kappa shape index (κ2) is 6.85. The zero-order chi connectivity index (χ0) is 16.6. The Bertz CT molecular complexity index is 743. The number of hydrogen-bond donors (Lipinski definition) is 0. The van der Waals surface area contributed by atoms with Gasteiger partial charge in [0.05, 0.1) is 21.8 Å². The van der Waals surface area contributed by atoms with Crippen LogP contribution in [0, 0.1) is 0 Å². The Morgan fingerprint density at radius 2 is 2.13 bits per heavy atom. The molecule has 3 rings (SSSR count). The maximum Gasteiger partial charge on any atom is 0.198 e. The van der Waals surface area contributed by atoms with Crippen molar-refractivity contribution in [1.82, 2.24) is 5.16 Å². The van der Waals surface area contributed by atoms with Gasteiger partial charge in [0.15, 0.2) is 11.5 Å². The second-order valence-electron chi connectivity index (χ2n) is 5.47. The molecule has 2 aromatic rings. The van der Waals surface area contributed by atoms with E-state index < -0.39 is 11.2 Å². The molecule has 0 amide bonds. The van der Waals surface area contributed by atoms with E-state index in [-0.39, 0.29) is 22.5 Å². The van der Waals surface area contributed by atoms with Crippen molar-refractivity contribution in [2.45, 2.75) is 31.4 Å². The Morgan fingerprint density at radius 3 is 2.78 bits per heavy atom. The van der Waals surface area contributed by atoms with Gasteiger partial charge < -0.3 is 9.08 Å². The molecule has 0 N–H and O–H groups in total. The predicted molar refractivity (Wildman–Crippen MR) is 90.8 cm³/mol. The van der Waals surface area contributed by atoms with E-state index in [4.69, 9.17) is 27.7 Å². The molecule has 0 bridgehead atoms. The van der Waals surface area contributed by atoms with Crippen LogP contribution < -0.4 is 0 Å². The number of ketones is 1. The summed E-state index contributed by atoms with van der Waals surface area (Å²) < 4.78 is 17.2. The molecule has 1 aromatic heterocycles. The molecular formula is C16H15Cl2NO3S. The van der Waals surface area contributed by atoms with E-state index in [2.05, 4.69) is 5.16 Å². The van der Waals surface area contributed by atoms with Crippen molar-refractivity contribution in [3.8, 4) is 0 Å². The Morgan fingerprint density at radius 1 is 1.39 bits per heavy atom. The van der Waals surface area contributed by atoms with Gasteiger partial charge in [-0.1, -0.05) is 28.4 Å². The van der Waals surface area contributed by atoms with E-state index in [1.54, 1.807) is 12.1 Å². The first-order valence-corrected chi connectivity index (χ1v) is 9.58. The van der Waals surface area contributed by atoms with Crippen molar-refractivity contribution in [1.29, 1.82) is 0 Å². The van der Waals surface area contributed by atoms with Gasteiger partial charge in [0, 0.05) is 17.0 Å². The van der Waals surface area contributed by atoms with Crippen LogP contribution in [0.25, 0.3) is 0 Å². The first kappa shape index (κ1) is 16.8. The van der Waals surface area contributed by atoms with Crippen LogP contribution in [0.3, 0.4) is 0 Å². The fraction of sp³-hybridized carbons (Fsp3) is 0.375. The summed E-state index contributed by atoms with van der Waals surface area (Å²) in [6.45, 7) is 1.82. The summed E-state index contributed by atoms with van der Waals surface area (Å²) in [4.78, 5) is 12.9. The average Bonchev–Trinajstić information content (AvgIpc) is 3.28. The molecular weight excluding hydrogens is 357 g/mol. The van der Waals surface area contributed by atoms with E-state index in [1.807, 2.05) is 6.92 Å². The van der Waals surface area contributed by atoms with Crippen LogP contribution in [0.4, 0.5) is 0 Å². The van der Waals surface area contributed by atoms with E-state index in [9.17, 15) is 9.35 Å². The first-order valence-electron chi connectivity index (χ1n) is 7.34. The Balaban J connectivity index is 2.02. The Labute approximate surface area is 147 Å². The number of carbonyl (C=O) groups excluding carboxylic acids is 1. The van der Waals surface area contributed by atoms with Crippen LogP contribution in [-0.4, -0.2) is 21.2 Å². The molecule has 1 saturated carbocycles. The molecule has 7 heteroatoms. The lowest BCUT2D eigenvalue weighted by atomic mass is 9.98. The van der Waals surface area contributed by atoms with Gasteiger partial charge in [0.2, 0.25) is 0 Å². The van der Waals surface area contributed by atoms with Gasteiger partial charge in [-0.15, -0.1) is 0 Å². The maximum absolute atomic E-state index is 12.9. The van der Waals surface area contributed by atoms with Crippen LogP contribution in [0.5, 0.6) is 0 Å². The topological polar surface area (TPSA) is 66.2 Å². The minimum Gasteiger partial charge on any atom is -0.616 e. The number of nitrogens with zero attached hydrogens (tertiary/aromatic N) is 1. The molecule has 0 radical (unpaired) electrons. The predicted octanol–water partition coefficient (Wildman–Crippen LogP) is 4.36. The van der Waals surface area contributed by atoms with Crippen molar-refractivity contribution in [2.24, 2.45) is 0 Å². The van der Waals surface area contributed by atoms with Crippen molar-refractivity contribution < 1.29 is 13.9 Å². The van der Waals surface area contributed by atoms with Crippen molar-refractivity contribution >= 4 is 40.2 Å². The molecule has 1 aliphatic rings. The molecule has 1 aromatic carbocycles. The highest BCUT2D eigenvalue weighted by atomic mass is 35.5. The van der Waals surface area contributed by atoms with Gasteiger partial charge >= 0.3 is 0 Å². The van der Waals surface area contributed by atoms with Gasteiger partial charge in [-0.25, -0.2) is 0 Å². The number of aromatic nitrogens is 1. The lowest BCUT2D eigenvalue weighted by molar-refractivity contribution is 0.103. The highest BCUT2D eigenvalue weighted by Gasteiger charge is 2.33. The van der Waals surface area contributed by atoms with Crippen LogP contribution >= 0.6 is 23.2 Å². The summed E-state index contributed by atoms with van der Waals surface area (Å²) in [6.07, 6.45) is 3.45. The number of hydrogen-bond acceptors (Lipinski definition) is 4. The molecule has 122 valence electrons. The third kappa shape index (κ3) is 3.43. The first-order chi connectivity index (χ1) is 11.0. The highest BCUT2D eigenvalue weighted by molar-refractivity contribution is 7.90. The summed E-state index contributed by atoms with van der Waals surface area (Å²) in [5, 5.41) is 4.39. The van der Waals surface area contributed by atoms with Crippen molar-refractivity contribution in [3.63, 3.8) is 0 Å². The van der Waals surface area contributed by atoms with Crippen LogP contribution in [-0.2, 0) is 16.9 Å². The van der Waals surface area contributed by atoms with Crippen molar-refractivity contribution in [3.05, 3.63) is 50.8 Å². The largest absolute Gasteiger partial charge is 0.616 e. The van der Waals surface area contributed by atoms with E-state index in [0.717, 1.165) is 12.8 Å². The second-order valence-corrected chi connectivity index (χ2v) is 8.00. The zero-order valence-electron chi connectivity index (χ0n) is 12.5. The molecule has 23 heavy (non-hydrogen) atoms. The zero-order valence-corrected chi connectivity index (χ0v) is 14.8. The third-order valence-corrected chi connectivity index (χ3v) is 5.96. The number of rotatable bonds is 6. The fourth-order valence-electron chi connectivity index (χ4n) is 2.41. The minimum atomic E-state index is -1.11. The molecule has 0 aliphatic heterocycles. The monoisotopic (exact) mass is 371 g/mol. The summed E-state index contributed by atoms with van der Waals surface area (Å²) in [5.41, 5.74) is 1.38. The van der Waals surface area contributed by atoms with Gasteiger partial charge in [0.1, 0.15) is 11.5 Å². The fourth-order valence-corrected chi connectivity index (χ4v) is 3.73. The molecule has 1 fully saturated rings. The summed E-state index contributed by atoms with van der Waals surface area (Å²) in [6, 6.07) is 3.21. The van der Waals surface area contributed by atoms with Crippen LogP contribution in [0.2, 0.25) is 10.0 Å².